The first-order valence-electron chi connectivity index (χ1n) is 4.36. The van der Waals surface area contributed by atoms with Crippen LogP contribution >= 0.6 is 11.6 Å². The average molecular weight is 225 g/mol. The summed E-state index contributed by atoms with van der Waals surface area (Å²) in [5.41, 5.74) is 0. The van der Waals surface area contributed by atoms with Crippen molar-refractivity contribution in [2.45, 2.75) is 6.92 Å². The van der Waals surface area contributed by atoms with Crippen molar-refractivity contribution >= 4 is 17.6 Å². The molecule has 0 saturated carbocycles. The lowest BCUT2D eigenvalue weighted by Crippen LogP contribution is -1.84. The zero-order chi connectivity index (χ0) is 11.5. The summed E-state index contributed by atoms with van der Waals surface area (Å²) in [5, 5.41) is 8.99. The minimum absolute atomic E-state index is 0.722. The van der Waals surface area contributed by atoms with Gasteiger partial charge in [0.05, 0.1) is 0 Å². The van der Waals surface area contributed by atoms with Crippen molar-refractivity contribution in [2.75, 3.05) is 0 Å². The SMILES string of the molecule is C/C(Cl)=C/C=C/C=C/C=C/C=C/C(=O)O. The molecule has 0 bridgehead atoms. The molecule has 0 radical (unpaired) electrons. The number of hydrogen-bond acceptors (Lipinski definition) is 1. The molecule has 0 atom stereocenters. The first-order chi connectivity index (χ1) is 7.13. The summed E-state index contributed by atoms with van der Waals surface area (Å²) in [5.74, 6) is -0.953. The number of carbonyl (C=O) groups is 1. The Morgan fingerprint density at radius 1 is 1.00 bits per heavy atom. The van der Waals surface area contributed by atoms with Gasteiger partial charge in [-0.2, -0.15) is 0 Å². The molecule has 0 aliphatic rings. The van der Waals surface area contributed by atoms with Crippen molar-refractivity contribution in [3.8, 4) is 0 Å². The summed E-state index contributed by atoms with van der Waals surface area (Å²) in [7, 11) is 0. The van der Waals surface area contributed by atoms with Crippen molar-refractivity contribution in [3.05, 3.63) is 59.7 Å². The van der Waals surface area contributed by atoms with Crippen molar-refractivity contribution in [2.24, 2.45) is 0 Å². The lowest BCUT2D eigenvalue weighted by atomic mass is 10.3. The van der Waals surface area contributed by atoms with Crippen LogP contribution in [0, 0.1) is 0 Å². The van der Waals surface area contributed by atoms with E-state index < -0.39 is 5.97 Å². The van der Waals surface area contributed by atoms with E-state index in [9.17, 15) is 4.79 Å². The molecular formula is C12H13ClO2. The molecule has 0 aromatic heterocycles. The third-order valence-corrected chi connectivity index (χ3v) is 1.36. The van der Waals surface area contributed by atoms with Gasteiger partial charge in [-0.3, -0.25) is 0 Å². The van der Waals surface area contributed by atoms with E-state index in [0.29, 0.717) is 0 Å². The number of carboxylic acids is 1. The number of allylic oxidation sites excluding steroid dienone is 9. The summed E-state index contributed by atoms with van der Waals surface area (Å²) < 4.78 is 0. The Balaban J connectivity index is 3.85. The fourth-order valence-electron chi connectivity index (χ4n) is 0.647. The molecule has 0 aromatic carbocycles. The van der Waals surface area contributed by atoms with E-state index in [4.69, 9.17) is 16.7 Å². The van der Waals surface area contributed by atoms with E-state index in [1.54, 1.807) is 31.2 Å². The molecule has 0 spiro atoms. The van der Waals surface area contributed by atoms with Crippen LogP contribution in [-0.4, -0.2) is 11.1 Å². The van der Waals surface area contributed by atoms with Gasteiger partial charge in [-0.05, 0) is 13.0 Å². The quantitative estimate of drug-likeness (QED) is 0.574. The molecule has 0 rings (SSSR count). The molecule has 0 amide bonds. The highest BCUT2D eigenvalue weighted by atomic mass is 35.5. The van der Waals surface area contributed by atoms with Crippen LogP contribution in [0.1, 0.15) is 6.92 Å². The number of carboxylic acid groups (broad SMARTS) is 1. The second-order valence-corrected chi connectivity index (χ2v) is 3.20. The summed E-state index contributed by atoms with van der Waals surface area (Å²) in [6.45, 7) is 1.80. The van der Waals surface area contributed by atoms with Crippen LogP contribution in [0.15, 0.2) is 59.7 Å². The normalized spacial score (nSPS) is 13.9. The van der Waals surface area contributed by atoms with Gasteiger partial charge in [0.15, 0.2) is 0 Å². The summed E-state index contributed by atoms with van der Waals surface area (Å²) in [6.07, 6.45) is 14.9. The van der Waals surface area contributed by atoms with Gasteiger partial charge in [0.1, 0.15) is 0 Å². The van der Waals surface area contributed by atoms with Gasteiger partial charge in [-0.15, -0.1) is 0 Å². The molecule has 0 heterocycles. The lowest BCUT2D eigenvalue weighted by Gasteiger charge is -1.77. The Hall–Kier alpha value is -1.54. The molecule has 0 saturated heterocycles. The minimum Gasteiger partial charge on any atom is -0.478 e. The maximum absolute atomic E-state index is 10.1. The van der Waals surface area contributed by atoms with E-state index in [-0.39, 0.29) is 0 Å². The number of rotatable bonds is 5. The Bertz CT molecular complexity index is 330. The molecule has 1 N–H and O–H groups in total. The van der Waals surface area contributed by atoms with Crippen LogP contribution < -0.4 is 0 Å². The Morgan fingerprint density at radius 3 is 1.93 bits per heavy atom. The molecule has 3 heteroatoms. The van der Waals surface area contributed by atoms with Gasteiger partial charge in [0.25, 0.3) is 0 Å². The maximum atomic E-state index is 10.1. The van der Waals surface area contributed by atoms with Gasteiger partial charge < -0.3 is 5.11 Å². The van der Waals surface area contributed by atoms with Crippen LogP contribution in [0.4, 0.5) is 0 Å². The molecule has 80 valence electrons. The Kier molecular flexibility index (Phi) is 8.10. The highest BCUT2D eigenvalue weighted by Gasteiger charge is 1.79. The zero-order valence-electron chi connectivity index (χ0n) is 8.43. The molecule has 0 aromatic rings. The zero-order valence-corrected chi connectivity index (χ0v) is 9.19. The summed E-state index contributed by atoms with van der Waals surface area (Å²) in [4.78, 5) is 10.1. The first kappa shape index (κ1) is 13.5. The molecule has 15 heavy (non-hydrogen) atoms. The number of hydrogen-bond donors (Lipinski definition) is 1. The van der Waals surface area contributed by atoms with E-state index in [2.05, 4.69) is 0 Å². The predicted molar refractivity (Wildman–Crippen MR) is 63.8 cm³/mol. The van der Waals surface area contributed by atoms with Crippen molar-refractivity contribution < 1.29 is 9.90 Å². The standard InChI is InChI=1S/C12H13ClO2/c1-11(13)9-7-5-3-2-4-6-8-10-12(14)15/h2-10H,1H3,(H,14,15)/b3-2+,6-4+,7-5+,10-8+,11-9-. The topological polar surface area (TPSA) is 37.3 Å². The third kappa shape index (κ3) is 12.5. The van der Waals surface area contributed by atoms with E-state index in [0.717, 1.165) is 11.1 Å². The van der Waals surface area contributed by atoms with Gasteiger partial charge in [-0.1, -0.05) is 54.1 Å². The van der Waals surface area contributed by atoms with Gasteiger partial charge in [0, 0.05) is 11.1 Å². The van der Waals surface area contributed by atoms with E-state index >= 15 is 0 Å². The van der Waals surface area contributed by atoms with Crippen molar-refractivity contribution in [1.29, 1.82) is 0 Å². The average Bonchev–Trinajstić information content (AvgIpc) is 2.14. The fraction of sp³-hybridized carbons (Fsp3) is 0.0833. The molecule has 0 aliphatic heterocycles. The monoisotopic (exact) mass is 224 g/mol. The smallest absolute Gasteiger partial charge is 0.328 e. The van der Waals surface area contributed by atoms with Crippen LogP contribution in [0.5, 0.6) is 0 Å². The van der Waals surface area contributed by atoms with Crippen LogP contribution in [0.3, 0.4) is 0 Å². The number of aliphatic carboxylic acids is 1. The van der Waals surface area contributed by atoms with E-state index in [1.807, 2.05) is 18.2 Å². The first-order valence-corrected chi connectivity index (χ1v) is 4.74. The Morgan fingerprint density at radius 2 is 1.47 bits per heavy atom. The van der Waals surface area contributed by atoms with Crippen LogP contribution in [-0.2, 0) is 4.79 Å². The molecular weight excluding hydrogens is 212 g/mol. The molecule has 0 unspecified atom stereocenters. The fourth-order valence-corrected chi connectivity index (χ4v) is 0.720. The van der Waals surface area contributed by atoms with E-state index in [1.165, 1.54) is 6.08 Å². The third-order valence-electron chi connectivity index (χ3n) is 1.23. The van der Waals surface area contributed by atoms with Crippen LogP contribution in [0.2, 0.25) is 0 Å². The minimum atomic E-state index is -0.953. The second kappa shape index (κ2) is 9.03. The Labute approximate surface area is 94.6 Å². The molecule has 2 nitrogen and oxygen atoms in total. The second-order valence-electron chi connectivity index (χ2n) is 2.61. The highest BCUT2D eigenvalue weighted by Crippen LogP contribution is 1.97. The molecule has 0 aliphatic carbocycles. The van der Waals surface area contributed by atoms with Gasteiger partial charge in [0.2, 0.25) is 0 Å². The predicted octanol–water partition coefficient (Wildman–Crippen LogP) is 3.44. The van der Waals surface area contributed by atoms with Crippen molar-refractivity contribution in [1.82, 2.24) is 0 Å². The lowest BCUT2D eigenvalue weighted by molar-refractivity contribution is -0.131. The largest absolute Gasteiger partial charge is 0.478 e. The van der Waals surface area contributed by atoms with Crippen LogP contribution in [0.25, 0.3) is 0 Å². The van der Waals surface area contributed by atoms with Crippen molar-refractivity contribution in [3.63, 3.8) is 0 Å². The van der Waals surface area contributed by atoms with Gasteiger partial charge >= 0.3 is 5.97 Å². The summed E-state index contributed by atoms with van der Waals surface area (Å²) in [6, 6.07) is 0. The number of halogens is 1. The van der Waals surface area contributed by atoms with Gasteiger partial charge in [-0.25, -0.2) is 4.79 Å². The highest BCUT2D eigenvalue weighted by molar-refractivity contribution is 6.29. The molecule has 0 fully saturated rings. The maximum Gasteiger partial charge on any atom is 0.328 e. The summed E-state index contributed by atoms with van der Waals surface area (Å²) >= 11 is 5.60.